The first-order chi connectivity index (χ1) is 13.8. The highest BCUT2D eigenvalue weighted by Gasteiger charge is 2.34. The maximum absolute atomic E-state index is 13.3. The largest absolute Gasteiger partial charge is 0.419 e. The molecule has 4 rings (SSSR count). The van der Waals surface area contributed by atoms with Crippen molar-refractivity contribution < 1.29 is 17.2 Å². The van der Waals surface area contributed by atoms with Gasteiger partial charge in [-0.1, -0.05) is 32.0 Å². The van der Waals surface area contributed by atoms with Crippen LogP contribution in [0.5, 0.6) is 0 Å². The Labute approximate surface area is 170 Å². The van der Waals surface area contributed by atoms with Gasteiger partial charge in [0.15, 0.2) is 0 Å². The number of rotatable bonds is 4. The summed E-state index contributed by atoms with van der Waals surface area (Å²) in [5.41, 5.74) is 0.528. The highest BCUT2D eigenvalue weighted by atomic mass is 32.2. The third kappa shape index (κ3) is 3.92. The topological polar surface area (TPSA) is 63.4 Å². The first kappa shape index (κ1) is 19.6. The van der Waals surface area contributed by atoms with Gasteiger partial charge in [0, 0.05) is 18.7 Å². The molecule has 3 aromatic rings. The third-order valence-corrected chi connectivity index (χ3v) is 6.80. The fraction of sp³-hybridized carbons (Fsp3) is 0.318. The van der Waals surface area contributed by atoms with E-state index < -0.39 is 9.84 Å². The zero-order chi connectivity index (χ0) is 20.6. The minimum absolute atomic E-state index is 0.0932. The van der Waals surface area contributed by atoms with E-state index in [-0.39, 0.29) is 27.5 Å². The van der Waals surface area contributed by atoms with Gasteiger partial charge in [0.1, 0.15) is 5.82 Å². The fourth-order valence-corrected chi connectivity index (χ4v) is 5.27. The molecule has 2 atom stereocenters. The van der Waals surface area contributed by atoms with Crippen LogP contribution >= 0.6 is 0 Å². The van der Waals surface area contributed by atoms with Gasteiger partial charge in [0.05, 0.1) is 4.90 Å². The highest BCUT2D eigenvalue weighted by Crippen LogP contribution is 2.37. The molecule has 5 nitrogen and oxygen atoms in total. The number of benzene rings is 2. The number of anilines is 1. The Morgan fingerprint density at radius 2 is 1.62 bits per heavy atom. The molecule has 0 bridgehead atoms. The van der Waals surface area contributed by atoms with E-state index in [1.165, 1.54) is 24.3 Å². The second kappa shape index (κ2) is 7.63. The number of oxazole rings is 1. The van der Waals surface area contributed by atoms with Crippen LogP contribution in [0.4, 0.5) is 10.3 Å². The number of piperidine rings is 1. The van der Waals surface area contributed by atoms with Crippen molar-refractivity contribution in [3.63, 3.8) is 0 Å². The molecule has 29 heavy (non-hydrogen) atoms. The Kier molecular flexibility index (Phi) is 5.17. The summed E-state index contributed by atoms with van der Waals surface area (Å²) >= 11 is 0. The normalized spacial score (nSPS) is 20.0. The van der Waals surface area contributed by atoms with Gasteiger partial charge >= 0.3 is 0 Å². The molecule has 7 heteroatoms. The van der Waals surface area contributed by atoms with E-state index in [0.29, 0.717) is 30.5 Å². The zero-order valence-corrected chi connectivity index (χ0v) is 17.2. The second-order valence-corrected chi connectivity index (χ2v) is 9.67. The molecule has 0 radical (unpaired) electrons. The van der Waals surface area contributed by atoms with E-state index in [2.05, 4.69) is 18.8 Å². The van der Waals surface area contributed by atoms with E-state index in [1.54, 1.807) is 30.3 Å². The first-order valence-corrected chi connectivity index (χ1v) is 11.1. The standard InChI is InChI=1S/C22H23FN2O3S/c1-15-12-16(2)14-25(13-15)22-21(29(26,27)19-6-4-3-5-7-19)24-20(28-22)17-8-10-18(23)11-9-17/h3-11,15-16H,12-14H2,1-2H3/t15-,16-/m1/s1. The molecule has 0 aliphatic carbocycles. The lowest BCUT2D eigenvalue weighted by Crippen LogP contribution is -2.39. The van der Waals surface area contributed by atoms with Crippen molar-refractivity contribution in [2.45, 2.75) is 30.2 Å². The van der Waals surface area contributed by atoms with Gasteiger partial charge in [0.25, 0.3) is 0 Å². The third-order valence-electron chi connectivity index (χ3n) is 5.13. The van der Waals surface area contributed by atoms with Gasteiger partial charge in [0.2, 0.25) is 26.6 Å². The number of sulfone groups is 1. The molecular formula is C22H23FN2O3S. The lowest BCUT2D eigenvalue weighted by Gasteiger charge is -2.34. The van der Waals surface area contributed by atoms with Crippen LogP contribution in [0.15, 0.2) is 68.9 Å². The van der Waals surface area contributed by atoms with E-state index in [4.69, 9.17) is 4.42 Å². The first-order valence-electron chi connectivity index (χ1n) is 9.66. The average molecular weight is 415 g/mol. The highest BCUT2D eigenvalue weighted by molar-refractivity contribution is 7.91. The van der Waals surface area contributed by atoms with Gasteiger partial charge in [-0.15, -0.1) is 0 Å². The van der Waals surface area contributed by atoms with Crippen LogP contribution < -0.4 is 4.90 Å². The number of hydrogen-bond acceptors (Lipinski definition) is 5. The molecule has 0 N–H and O–H groups in total. The quantitative estimate of drug-likeness (QED) is 0.614. The molecule has 1 aromatic heterocycles. The summed E-state index contributed by atoms with van der Waals surface area (Å²) in [6, 6.07) is 13.9. The van der Waals surface area contributed by atoms with Gasteiger partial charge in [-0.25, -0.2) is 12.8 Å². The lowest BCUT2D eigenvalue weighted by atomic mass is 9.92. The predicted molar refractivity (Wildman–Crippen MR) is 109 cm³/mol. The molecule has 152 valence electrons. The molecule has 0 saturated carbocycles. The van der Waals surface area contributed by atoms with Crippen molar-refractivity contribution in [3.05, 3.63) is 60.4 Å². The number of aromatic nitrogens is 1. The van der Waals surface area contributed by atoms with Crippen LogP contribution in [0.1, 0.15) is 20.3 Å². The van der Waals surface area contributed by atoms with E-state index in [1.807, 2.05) is 4.90 Å². The van der Waals surface area contributed by atoms with Gasteiger partial charge in [-0.3, -0.25) is 0 Å². The summed E-state index contributed by atoms with van der Waals surface area (Å²) in [7, 11) is -3.87. The van der Waals surface area contributed by atoms with Crippen LogP contribution in [-0.4, -0.2) is 26.5 Å². The Morgan fingerprint density at radius 1 is 1.00 bits per heavy atom. The Bertz CT molecular complexity index is 1080. The number of nitrogens with zero attached hydrogens (tertiary/aromatic N) is 2. The summed E-state index contributed by atoms with van der Waals surface area (Å²) in [5.74, 6) is 0.860. The van der Waals surface area contributed by atoms with Crippen molar-refractivity contribution in [1.82, 2.24) is 4.98 Å². The molecule has 0 amide bonds. The minimum atomic E-state index is -3.87. The average Bonchev–Trinajstić information content (AvgIpc) is 3.15. The van der Waals surface area contributed by atoms with Gasteiger partial charge in [-0.05, 0) is 54.7 Å². The monoisotopic (exact) mass is 414 g/mol. The van der Waals surface area contributed by atoms with Crippen molar-refractivity contribution in [2.75, 3.05) is 18.0 Å². The van der Waals surface area contributed by atoms with Crippen molar-refractivity contribution in [1.29, 1.82) is 0 Å². The lowest BCUT2D eigenvalue weighted by molar-refractivity contribution is 0.342. The predicted octanol–water partition coefficient (Wildman–Crippen LogP) is 4.80. The molecule has 1 aliphatic heterocycles. The van der Waals surface area contributed by atoms with Crippen molar-refractivity contribution in [2.24, 2.45) is 11.8 Å². The zero-order valence-electron chi connectivity index (χ0n) is 16.4. The minimum Gasteiger partial charge on any atom is -0.419 e. The maximum Gasteiger partial charge on any atom is 0.236 e. The van der Waals surface area contributed by atoms with Crippen molar-refractivity contribution >= 4 is 15.7 Å². The molecule has 1 fully saturated rings. The van der Waals surface area contributed by atoms with Crippen LogP contribution in [-0.2, 0) is 9.84 Å². The number of halogens is 1. The Hall–Kier alpha value is -2.67. The summed E-state index contributed by atoms with van der Waals surface area (Å²) in [4.78, 5) is 6.50. The maximum atomic E-state index is 13.3. The summed E-state index contributed by atoms with van der Waals surface area (Å²) in [6.07, 6.45) is 1.08. The Morgan fingerprint density at radius 3 is 2.24 bits per heavy atom. The summed E-state index contributed by atoms with van der Waals surface area (Å²) in [5, 5.41) is -0.0932. The van der Waals surface area contributed by atoms with Crippen LogP contribution in [0.3, 0.4) is 0 Å². The molecule has 2 aromatic carbocycles. The summed E-state index contributed by atoms with van der Waals surface area (Å²) < 4.78 is 46.0. The van der Waals surface area contributed by atoms with Crippen LogP contribution in [0, 0.1) is 17.7 Å². The van der Waals surface area contributed by atoms with E-state index in [9.17, 15) is 12.8 Å². The molecule has 2 heterocycles. The fourth-order valence-electron chi connectivity index (χ4n) is 3.93. The van der Waals surface area contributed by atoms with Crippen molar-refractivity contribution in [3.8, 4) is 11.5 Å². The second-order valence-electron chi connectivity index (χ2n) is 7.80. The Balaban J connectivity index is 1.85. The van der Waals surface area contributed by atoms with Gasteiger partial charge in [-0.2, -0.15) is 4.98 Å². The van der Waals surface area contributed by atoms with Crippen LogP contribution in [0.2, 0.25) is 0 Å². The molecular weight excluding hydrogens is 391 g/mol. The van der Waals surface area contributed by atoms with E-state index >= 15 is 0 Å². The van der Waals surface area contributed by atoms with Gasteiger partial charge < -0.3 is 9.32 Å². The summed E-state index contributed by atoms with van der Waals surface area (Å²) in [6.45, 7) is 5.68. The number of hydrogen-bond donors (Lipinski definition) is 0. The molecule has 0 unspecified atom stereocenters. The SMILES string of the molecule is C[C@@H]1C[C@@H](C)CN(c2oc(-c3ccc(F)cc3)nc2S(=O)(=O)c2ccccc2)C1. The molecule has 1 aliphatic rings. The molecule has 1 saturated heterocycles. The molecule has 0 spiro atoms. The smallest absolute Gasteiger partial charge is 0.236 e. The van der Waals surface area contributed by atoms with Crippen LogP contribution in [0.25, 0.3) is 11.5 Å². The van der Waals surface area contributed by atoms with E-state index in [0.717, 1.165) is 6.42 Å².